The number of amides is 1. The fourth-order valence-corrected chi connectivity index (χ4v) is 5.45. The second-order valence-corrected chi connectivity index (χ2v) is 10.4. The number of morpholine rings is 1. The lowest BCUT2D eigenvalue weighted by atomic mass is 10.1. The van der Waals surface area contributed by atoms with E-state index in [9.17, 15) is 13.2 Å². The first-order valence-electron chi connectivity index (χ1n) is 11.7. The van der Waals surface area contributed by atoms with Crippen LogP contribution < -0.4 is 10.0 Å². The van der Waals surface area contributed by atoms with Gasteiger partial charge in [-0.2, -0.15) is 0 Å². The Morgan fingerprint density at radius 1 is 0.943 bits per heavy atom. The molecule has 1 saturated heterocycles. The maximum Gasteiger partial charge on any atom is 0.262 e. The molecule has 4 rings (SSSR count). The van der Waals surface area contributed by atoms with Gasteiger partial charge in [0.25, 0.3) is 15.9 Å². The van der Waals surface area contributed by atoms with E-state index in [2.05, 4.69) is 21.0 Å². The lowest BCUT2D eigenvalue weighted by Gasteiger charge is -2.27. The van der Waals surface area contributed by atoms with Crippen LogP contribution in [0, 0.1) is 13.8 Å². The second kappa shape index (κ2) is 11.0. The summed E-state index contributed by atoms with van der Waals surface area (Å²) in [7, 11) is -3.73. The number of benzene rings is 3. The van der Waals surface area contributed by atoms with E-state index in [0.29, 0.717) is 23.4 Å². The number of nitrogens with one attached hydrogen (secondary N) is 2. The van der Waals surface area contributed by atoms with Gasteiger partial charge in [0.05, 0.1) is 18.1 Å². The quantitative estimate of drug-likeness (QED) is 0.498. The van der Waals surface area contributed by atoms with E-state index < -0.39 is 10.0 Å². The molecular weight excluding hydrogens is 462 g/mol. The third-order valence-electron chi connectivity index (χ3n) is 6.09. The van der Waals surface area contributed by atoms with Crippen molar-refractivity contribution in [1.82, 2.24) is 10.2 Å². The third-order valence-corrected chi connectivity index (χ3v) is 7.61. The van der Waals surface area contributed by atoms with Gasteiger partial charge in [0.15, 0.2) is 0 Å². The lowest BCUT2D eigenvalue weighted by Crippen LogP contribution is -2.36. The first-order valence-corrected chi connectivity index (χ1v) is 13.2. The predicted octanol–water partition coefficient (Wildman–Crippen LogP) is 3.87. The summed E-state index contributed by atoms with van der Waals surface area (Å²) in [5.74, 6) is -0.213. The van der Waals surface area contributed by atoms with Crippen molar-refractivity contribution < 1.29 is 17.9 Å². The zero-order chi connectivity index (χ0) is 24.8. The fraction of sp³-hybridized carbons (Fsp3) is 0.296. The van der Waals surface area contributed by atoms with Gasteiger partial charge in [0, 0.05) is 37.4 Å². The van der Waals surface area contributed by atoms with Crippen LogP contribution in [0.2, 0.25) is 0 Å². The van der Waals surface area contributed by atoms with Crippen LogP contribution in [0.25, 0.3) is 0 Å². The van der Waals surface area contributed by atoms with Crippen LogP contribution >= 0.6 is 0 Å². The number of nitrogens with zero attached hydrogens (tertiary/aromatic N) is 1. The molecule has 0 bridgehead atoms. The number of hydrogen-bond donors (Lipinski definition) is 2. The summed E-state index contributed by atoms with van der Waals surface area (Å²) in [5, 5.41) is 2.98. The average Bonchev–Trinajstić information content (AvgIpc) is 2.85. The van der Waals surface area contributed by atoms with Crippen molar-refractivity contribution in [2.45, 2.75) is 31.8 Å². The minimum absolute atomic E-state index is 0.213. The van der Waals surface area contributed by atoms with Gasteiger partial charge in [0.2, 0.25) is 0 Å². The smallest absolute Gasteiger partial charge is 0.262 e. The van der Waals surface area contributed by atoms with Crippen LogP contribution in [-0.4, -0.2) is 45.5 Å². The molecule has 0 aromatic heterocycles. The fourth-order valence-electron chi connectivity index (χ4n) is 4.06. The van der Waals surface area contributed by atoms with Crippen LogP contribution in [0.15, 0.2) is 71.6 Å². The molecule has 35 heavy (non-hydrogen) atoms. The molecule has 0 unspecified atom stereocenters. The molecule has 8 heteroatoms. The highest BCUT2D eigenvalue weighted by Crippen LogP contribution is 2.21. The molecule has 1 amide bonds. The summed E-state index contributed by atoms with van der Waals surface area (Å²) in [6.07, 6.45) is 0. The van der Waals surface area contributed by atoms with Gasteiger partial charge in [-0.3, -0.25) is 14.4 Å². The highest BCUT2D eigenvalue weighted by atomic mass is 32.2. The van der Waals surface area contributed by atoms with Gasteiger partial charge in [-0.15, -0.1) is 0 Å². The number of hydrogen-bond acceptors (Lipinski definition) is 5. The molecule has 1 heterocycles. The molecule has 1 fully saturated rings. The average molecular weight is 494 g/mol. The predicted molar refractivity (Wildman–Crippen MR) is 137 cm³/mol. The molecular formula is C27H31N3O4S. The summed E-state index contributed by atoms with van der Waals surface area (Å²) in [6, 6.07) is 19.9. The number of carbonyl (C=O) groups is 1. The van der Waals surface area contributed by atoms with Gasteiger partial charge in [0.1, 0.15) is 0 Å². The summed E-state index contributed by atoms with van der Waals surface area (Å²) < 4.78 is 33.7. The van der Waals surface area contributed by atoms with E-state index in [1.807, 2.05) is 31.2 Å². The maximum atomic E-state index is 12.8. The van der Waals surface area contributed by atoms with Gasteiger partial charge in [-0.25, -0.2) is 8.42 Å². The lowest BCUT2D eigenvalue weighted by molar-refractivity contribution is 0.0340. The van der Waals surface area contributed by atoms with E-state index in [-0.39, 0.29) is 10.8 Å². The second-order valence-electron chi connectivity index (χ2n) is 8.79. The highest BCUT2D eigenvalue weighted by molar-refractivity contribution is 7.92. The number of aryl methyl sites for hydroxylation is 2. The third kappa shape index (κ3) is 6.48. The Morgan fingerprint density at radius 2 is 1.63 bits per heavy atom. The van der Waals surface area contributed by atoms with Gasteiger partial charge in [-0.05, 0) is 66.4 Å². The molecule has 3 aromatic rings. The molecule has 0 spiro atoms. The maximum absolute atomic E-state index is 12.8. The summed E-state index contributed by atoms with van der Waals surface area (Å²) >= 11 is 0. The standard InChI is InChI=1S/C27H31N3O4S/c1-20-7-8-21(2)26(17-20)35(32,33)29-25-11-9-22(10-12-25)27(31)28-18-23-5-3-4-6-24(23)19-30-13-15-34-16-14-30/h3-12,17,29H,13-16,18-19H2,1-2H3,(H,28,31). The Morgan fingerprint density at radius 3 is 2.34 bits per heavy atom. The topological polar surface area (TPSA) is 87.7 Å². The molecule has 0 saturated carbocycles. The van der Waals surface area contributed by atoms with Crippen LogP contribution in [-0.2, 0) is 27.8 Å². The minimum Gasteiger partial charge on any atom is -0.379 e. The highest BCUT2D eigenvalue weighted by Gasteiger charge is 2.18. The Kier molecular flexibility index (Phi) is 7.85. The normalized spacial score (nSPS) is 14.5. The zero-order valence-corrected chi connectivity index (χ0v) is 20.9. The van der Waals surface area contributed by atoms with Gasteiger partial charge in [-0.1, -0.05) is 36.4 Å². The van der Waals surface area contributed by atoms with E-state index >= 15 is 0 Å². The van der Waals surface area contributed by atoms with Gasteiger partial charge >= 0.3 is 0 Å². The molecule has 2 N–H and O–H groups in total. The number of carbonyl (C=O) groups excluding carboxylic acids is 1. The van der Waals surface area contributed by atoms with E-state index in [0.717, 1.165) is 44.0 Å². The summed E-state index contributed by atoms with van der Waals surface area (Å²) in [4.78, 5) is 15.3. The Hall–Kier alpha value is -3.20. The largest absolute Gasteiger partial charge is 0.379 e. The summed E-state index contributed by atoms with van der Waals surface area (Å²) in [6.45, 7) is 8.16. The van der Waals surface area contributed by atoms with Crippen LogP contribution in [0.3, 0.4) is 0 Å². The van der Waals surface area contributed by atoms with Gasteiger partial charge < -0.3 is 10.1 Å². The molecule has 0 aliphatic carbocycles. The monoisotopic (exact) mass is 493 g/mol. The molecule has 1 aliphatic heterocycles. The number of anilines is 1. The Balaban J connectivity index is 1.38. The van der Waals surface area contributed by atoms with Crippen molar-refractivity contribution in [3.63, 3.8) is 0 Å². The zero-order valence-electron chi connectivity index (χ0n) is 20.1. The molecule has 7 nitrogen and oxygen atoms in total. The van der Waals surface area contributed by atoms with Crippen molar-refractivity contribution in [2.24, 2.45) is 0 Å². The van der Waals surface area contributed by atoms with E-state index in [1.54, 1.807) is 43.3 Å². The number of rotatable bonds is 8. The van der Waals surface area contributed by atoms with Crippen molar-refractivity contribution in [3.8, 4) is 0 Å². The first kappa shape index (κ1) is 24.9. The molecule has 0 atom stereocenters. The number of ether oxygens (including phenoxy) is 1. The summed E-state index contributed by atoms with van der Waals surface area (Å²) in [5.41, 5.74) is 4.67. The van der Waals surface area contributed by atoms with Crippen molar-refractivity contribution in [1.29, 1.82) is 0 Å². The van der Waals surface area contributed by atoms with Crippen molar-refractivity contribution in [2.75, 3.05) is 31.0 Å². The minimum atomic E-state index is -3.73. The SMILES string of the molecule is Cc1ccc(C)c(S(=O)(=O)Nc2ccc(C(=O)NCc3ccccc3CN3CCOCC3)cc2)c1. The molecule has 0 radical (unpaired) electrons. The van der Waals surface area contributed by atoms with Crippen molar-refractivity contribution in [3.05, 3.63) is 94.5 Å². The van der Waals surface area contributed by atoms with Crippen LogP contribution in [0.1, 0.15) is 32.6 Å². The van der Waals surface area contributed by atoms with Crippen molar-refractivity contribution >= 4 is 21.6 Å². The molecule has 184 valence electrons. The first-order chi connectivity index (χ1) is 16.8. The molecule has 3 aromatic carbocycles. The van der Waals surface area contributed by atoms with Crippen LogP contribution in [0.4, 0.5) is 5.69 Å². The van der Waals surface area contributed by atoms with E-state index in [4.69, 9.17) is 4.74 Å². The molecule has 1 aliphatic rings. The van der Waals surface area contributed by atoms with Crippen LogP contribution in [0.5, 0.6) is 0 Å². The van der Waals surface area contributed by atoms with E-state index in [1.165, 1.54) is 5.56 Å². The Bertz CT molecular complexity index is 1280. The Labute approximate surface area is 207 Å². The number of sulfonamides is 1.